The molecule has 1 aromatic heterocycles. The van der Waals surface area contributed by atoms with Gasteiger partial charge in [-0.25, -0.2) is 4.79 Å². The van der Waals surface area contributed by atoms with Gasteiger partial charge in [-0.1, -0.05) is 24.3 Å². The van der Waals surface area contributed by atoms with Gasteiger partial charge in [0.15, 0.2) is 5.79 Å². The fourth-order valence-corrected chi connectivity index (χ4v) is 2.30. The Balaban J connectivity index is 1.79. The lowest BCUT2D eigenvalue weighted by Gasteiger charge is -2.17. The Hall–Kier alpha value is -2.18. The number of carboxylic acid groups (broad SMARTS) is 1. The van der Waals surface area contributed by atoms with E-state index in [9.17, 15) is 4.79 Å². The highest BCUT2D eigenvalue weighted by atomic mass is 16.7. The van der Waals surface area contributed by atoms with Crippen LogP contribution in [0.4, 0.5) is 0 Å². The van der Waals surface area contributed by atoms with E-state index in [0.29, 0.717) is 12.3 Å². The van der Waals surface area contributed by atoms with Crippen LogP contribution in [0.25, 0.3) is 11.3 Å². The zero-order chi connectivity index (χ0) is 15.0. The number of aromatic nitrogens is 2. The Morgan fingerprint density at radius 2 is 2.10 bits per heavy atom. The molecule has 1 aliphatic rings. The first kappa shape index (κ1) is 13.8. The first-order valence-electron chi connectivity index (χ1n) is 6.65. The number of hydrogen-bond acceptors (Lipinski definition) is 4. The third-order valence-corrected chi connectivity index (χ3v) is 3.39. The molecule has 0 amide bonds. The van der Waals surface area contributed by atoms with Gasteiger partial charge in [-0.15, -0.1) is 0 Å². The number of benzene rings is 1. The molecule has 21 heavy (non-hydrogen) atoms. The number of nitrogens with zero attached hydrogens (tertiary/aromatic N) is 1. The topological polar surface area (TPSA) is 84.4 Å². The van der Waals surface area contributed by atoms with E-state index in [1.807, 2.05) is 38.1 Å². The van der Waals surface area contributed by atoms with Gasteiger partial charge in [-0.2, -0.15) is 5.10 Å². The molecule has 1 fully saturated rings. The summed E-state index contributed by atoms with van der Waals surface area (Å²) in [5.41, 5.74) is 2.55. The van der Waals surface area contributed by atoms with E-state index in [-0.39, 0.29) is 11.8 Å². The van der Waals surface area contributed by atoms with Gasteiger partial charge >= 0.3 is 5.97 Å². The number of nitrogens with one attached hydrogen (secondary N) is 1. The van der Waals surface area contributed by atoms with Crippen LogP contribution in [0.3, 0.4) is 0 Å². The lowest BCUT2D eigenvalue weighted by Crippen LogP contribution is -2.19. The SMILES string of the molecule is CC1(C)OCC(c2ccc(-c3cc(C(=O)O)[nH]n3)cc2)O1. The van der Waals surface area contributed by atoms with E-state index in [2.05, 4.69) is 10.2 Å². The molecule has 1 saturated heterocycles. The molecule has 2 N–H and O–H groups in total. The third-order valence-electron chi connectivity index (χ3n) is 3.39. The van der Waals surface area contributed by atoms with Crippen molar-refractivity contribution in [3.8, 4) is 11.3 Å². The third kappa shape index (κ3) is 2.81. The predicted molar refractivity (Wildman–Crippen MR) is 74.8 cm³/mol. The summed E-state index contributed by atoms with van der Waals surface area (Å²) < 4.78 is 11.3. The van der Waals surface area contributed by atoms with Crippen LogP contribution in [-0.4, -0.2) is 33.7 Å². The number of carboxylic acids is 1. The van der Waals surface area contributed by atoms with E-state index in [4.69, 9.17) is 14.6 Å². The minimum absolute atomic E-state index is 0.0725. The van der Waals surface area contributed by atoms with Crippen molar-refractivity contribution in [2.75, 3.05) is 6.61 Å². The summed E-state index contributed by atoms with van der Waals surface area (Å²) in [6, 6.07) is 9.19. The van der Waals surface area contributed by atoms with Crippen molar-refractivity contribution < 1.29 is 19.4 Å². The van der Waals surface area contributed by atoms with E-state index in [1.165, 1.54) is 6.07 Å². The summed E-state index contributed by atoms with van der Waals surface area (Å²) in [5, 5.41) is 15.4. The Morgan fingerprint density at radius 3 is 2.62 bits per heavy atom. The Bertz CT molecular complexity index is 661. The summed E-state index contributed by atoms with van der Waals surface area (Å²) in [4.78, 5) is 10.8. The number of ether oxygens (including phenoxy) is 2. The molecule has 2 aromatic rings. The highest BCUT2D eigenvalue weighted by Crippen LogP contribution is 2.33. The highest BCUT2D eigenvalue weighted by Gasteiger charge is 2.33. The van der Waals surface area contributed by atoms with Crippen LogP contribution in [0, 0.1) is 0 Å². The van der Waals surface area contributed by atoms with Crippen LogP contribution in [0.15, 0.2) is 30.3 Å². The van der Waals surface area contributed by atoms with Crippen LogP contribution in [-0.2, 0) is 9.47 Å². The lowest BCUT2D eigenvalue weighted by molar-refractivity contribution is -0.139. The van der Waals surface area contributed by atoms with E-state index in [1.54, 1.807) is 0 Å². The summed E-state index contributed by atoms with van der Waals surface area (Å²) in [5.74, 6) is -1.58. The molecular weight excluding hydrogens is 272 g/mol. The first-order chi connectivity index (χ1) is 9.94. The van der Waals surface area contributed by atoms with Crippen molar-refractivity contribution in [3.05, 3.63) is 41.6 Å². The number of H-pyrrole nitrogens is 1. The Morgan fingerprint density at radius 1 is 1.38 bits per heavy atom. The van der Waals surface area contributed by atoms with Crippen molar-refractivity contribution >= 4 is 5.97 Å². The van der Waals surface area contributed by atoms with Crippen molar-refractivity contribution in [3.63, 3.8) is 0 Å². The van der Waals surface area contributed by atoms with Crippen LogP contribution < -0.4 is 0 Å². The van der Waals surface area contributed by atoms with Gasteiger partial charge in [0.05, 0.1) is 12.3 Å². The highest BCUT2D eigenvalue weighted by molar-refractivity contribution is 5.86. The molecule has 2 heterocycles. The number of aromatic amines is 1. The van der Waals surface area contributed by atoms with Gasteiger partial charge in [0, 0.05) is 5.56 Å². The maximum Gasteiger partial charge on any atom is 0.353 e. The summed E-state index contributed by atoms with van der Waals surface area (Å²) in [6.07, 6.45) is -0.0807. The molecule has 1 unspecified atom stereocenters. The summed E-state index contributed by atoms with van der Waals surface area (Å²) in [6.45, 7) is 4.30. The summed E-state index contributed by atoms with van der Waals surface area (Å²) >= 11 is 0. The molecule has 6 nitrogen and oxygen atoms in total. The van der Waals surface area contributed by atoms with Crippen LogP contribution in [0.2, 0.25) is 0 Å². The van der Waals surface area contributed by atoms with Gasteiger partial charge < -0.3 is 14.6 Å². The van der Waals surface area contributed by atoms with E-state index in [0.717, 1.165) is 11.1 Å². The molecule has 0 saturated carbocycles. The van der Waals surface area contributed by atoms with Crippen molar-refractivity contribution in [1.82, 2.24) is 10.2 Å². The molecule has 3 rings (SSSR count). The van der Waals surface area contributed by atoms with Gasteiger partial charge in [0.25, 0.3) is 0 Å². The Labute approximate surface area is 121 Å². The van der Waals surface area contributed by atoms with Gasteiger partial charge in [0.1, 0.15) is 11.8 Å². The normalized spacial score (nSPS) is 20.6. The average Bonchev–Trinajstić information content (AvgIpc) is 3.05. The zero-order valence-electron chi connectivity index (χ0n) is 11.8. The van der Waals surface area contributed by atoms with E-state index >= 15 is 0 Å². The zero-order valence-corrected chi connectivity index (χ0v) is 11.8. The average molecular weight is 288 g/mol. The summed E-state index contributed by atoms with van der Waals surface area (Å²) in [7, 11) is 0. The van der Waals surface area contributed by atoms with Crippen LogP contribution >= 0.6 is 0 Å². The van der Waals surface area contributed by atoms with E-state index < -0.39 is 11.8 Å². The smallest absolute Gasteiger partial charge is 0.353 e. The number of hydrogen-bond donors (Lipinski definition) is 2. The largest absolute Gasteiger partial charge is 0.477 e. The number of rotatable bonds is 3. The lowest BCUT2D eigenvalue weighted by atomic mass is 10.1. The monoisotopic (exact) mass is 288 g/mol. The molecule has 1 aromatic carbocycles. The van der Waals surface area contributed by atoms with Gasteiger partial charge in [0.2, 0.25) is 0 Å². The second kappa shape index (κ2) is 4.98. The maximum absolute atomic E-state index is 10.8. The van der Waals surface area contributed by atoms with Crippen molar-refractivity contribution in [1.29, 1.82) is 0 Å². The molecule has 0 bridgehead atoms. The number of aromatic carboxylic acids is 1. The molecule has 1 atom stereocenters. The second-order valence-electron chi connectivity index (χ2n) is 5.41. The minimum Gasteiger partial charge on any atom is -0.477 e. The van der Waals surface area contributed by atoms with Crippen LogP contribution in [0.1, 0.15) is 36.0 Å². The van der Waals surface area contributed by atoms with Gasteiger partial charge in [-0.3, -0.25) is 5.10 Å². The standard InChI is InChI=1S/C15H16N2O4/c1-15(2)20-8-13(21-15)10-5-3-9(4-6-10)11-7-12(14(18)19)17-16-11/h3-7,13H,8H2,1-2H3,(H,16,17)(H,18,19). The second-order valence-corrected chi connectivity index (χ2v) is 5.41. The molecular formula is C15H16N2O4. The fourth-order valence-electron chi connectivity index (χ4n) is 2.30. The maximum atomic E-state index is 10.8. The minimum atomic E-state index is -1.02. The quantitative estimate of drug-likeness (QED) is 0.906. The molecule has 1 aliphatic heterocycles. The fraction of sp³-hybridized carbons (Fsp3) is 0.333. The molecule has 6 heteroatoms. The molecule has 0 aliphatic carbocycles. The van der Waals surface area contributed by atoms with Gasteiger partial charge in [-0.05, 0) is 25.5 Å². The number of carbonyl (C=O) groups is 1. The van der Waals surface area contributed by atoms with Crippen molar-refractivity contribution in [2.24, 2.45) is 0 Å². The predicted octanol–water partition coefficient (Wildman–Crippen LogP) is 2.60. The molecule has 110 valence electrons. The molecule has 0 spiro atoms. The van der Waals surface area contributed by atoms with Crippen LogP contribution in [0.5, 0.6) is 0 Å². The van der Waals surface area contributed by atoms with Crippen molar-refractivity contribution in [2.45, 2.75) is 25.7 Å². The first-order valence-corrected chi connectivity index (χ1v) is 6.65. The Kier molecular flexibility index (Phi) is 3.27. The molecule has 0 radical (unpaired) electrons.